The van der Waals surface area contributed by atoms with Gasteiger partial charge in [-0.25, -0.2) is 0 Å². The predicted molar refractivity (Wildman–Crippen MR) is 69.4 cm³/mol. The molecule has 0 amide bonds. The lowest BCUT2D eigenvalue weighted by molar-refractivity contribution is 0.143. The summed E-state index contributed by atoms with van der Waals surface area (Å²) in [6.45, 7) is 10.1. The molecule has 2 nitrogen and oxygen atoms in total. The summed E-state index contributed by atoms with van der Waals surface area (Å²) in [5.74, 6) is 0. The fourth-order valence-corrected chi connectivity index (χ4v) is 2.03. The van der Waals surface area contributed by atoms with Crippen molar-refractivity contribution in [1.29, 1.82) is 0 Å². The molecule has 0 radical (unpaired) electrons. The molecule has 0 spiro atoms. The first kappa shape index (κ1) is 14.9. The second-order valence-electron chi connectivity index (χ2n) is 4.37. The van der Waals surface area contributed by atoms with Crippen LogP contribution in [0.1, 0.15) is 46.5 Å². The Kier molecular flexibility index (Phi) is 9.12. The van der Waals surface area contributed by atoms with E-state index < -0.39 is 0 Å². The average Bonchev–Trinajstić information content (AvgIpc) is 2.29. The van der Waals surface area contributed by atoms with Gasteiger partial charge in [0.2, 0.25) is 0 Å². The third kappa shape index (κ3) is 6.16. The highest BCUT2D eigenvalue weighted by Crippen LogP contribution is 2.14. The Hall–Kier alpha value is -0.0800. The quantitative estimate of drug-likeness (QED) is 0.710. The maximum Gasteiger partial charge on any atom is 0.0117 e. The minimum Gasteiger partial charge on any atom is -0.306 e. The molecular weight excluding hydrogens is 184 g/mol. The molecule has 0 aromatic carbocycles. The van der Waals surface area contributed by atoms with Gasteiger partial charge in [-0.3, -0.25) is 0 Å². The number of unbranched alkanes of at least 4 members (excludes halogenated alkanes) is 1. The van der Waals surface area contributed by atoms with Gasteiger partial charge in [-0.05, 0) is 53.0 Å². The molecule has 0 aromatic heterocycles. The number of hydrogen-bond donors (Lipinski definition) is 0. The van der Waals surface area contributed by atoms with E-state index in [-0.39, 0.29) is 0 Å². The topological polar surface area (TPSA) is 6.48 Å². The summed E-state index contributed by atoms with van der Waals surface area (Å²) in [4.78, 5) is 4.99. The molecule has 0 unspecified atom stereocenters. The highest BCUT2D eigenvalue weighted by molar-refractivity contribution is 4.76. The number of piperidine rings is 1. The van der Waals surface area contributed by atoms with Gasteiger partial charge < -0.3 is 9.80 Å². The standard InChI is InChI=1S/C11H24N2.C2H6/c1-4-5-8-13(3)11-6-9-12(2)10-7-11;1-2/h11H,4-10H2,1-3H3;1-2H3. The molecule has 0 bridgehead atoms. The lowest BCUT2D eigenvalue weighted by Crippen LogP contribution is -2.42. The van der Waals surface area contributed by atoms with Crippen LogP contribution in [0.3, 0.4) is 0 Å². The molecule has 0 atom stereocenters. The first-order chi connectivity index (χ1) is 7.24. The summed E-state index contributed by atoms with van der Waals surface area (Å²) in [5.41, 5.74) is 0. The van der Waals surface area contributed by atoms with Crippen molar-refractivity contribution in [3.05, 3.63) is 0 Å². The maximum absolute atomic E-state index is 2.55. The van der Waals surface area contributed by atoms with Crippen LogP contribution in [0.5, 0.6) is 0 Å². The molecule has 0 saturated carbocycles. The van der Waals surface area contributed by atoms with E-state index in [1.807, 2.05) is 13.8 Å². The van der Waals surface area contributed by atoms with Gasteiger partial charge >= 0.3 is 0 Å². The zero-order valence-corrected chi connectivity index (χ0v) is 11.4. The lowest BCUT2D eigenvalue weighted by atomic mass is 10.0. The predicted octanol–water partition coefficient (Wildman–Crippen LogP) is 2.84. The van der Waals surface area contributed by atoms with Crippen LogP contribution in [0.15, 0.2) is 0 Å². The fraction of sp³-hybridized carbons (Fsp3) is 1.00. The molecule has 15 heavy (non-hydrogen) atoms. The van der Waals surface area contributed by atoms with Crippen molar-refractivity contribution >= 4 is 0 Å². The summed E-state index contributed by atoms with van der Waals surface area (Å²) in [6.07, 6.45) is 5.38. The molecule has 1 aliphatic heterocycles. The van der Waals surface area contributed by atoms with Crippen molar-refractivity contribution in [3.8, 4) is 0 Å². The third-order valence-electron chi connectivity index (χ3n) is 3.18. The Labute approximate surface area is 96.6 Å². The van der Waals surface area contributed by atoms with Crippen molar-refractivity contribution < 1.29 is 0 Å². The molecule has 0 N–H and O–H groups in total. The van der Waals surface area contributed by atoms with Crippen molar-refractivity contribution in [2.45, 2.75) is 52.5 Å². The van der Waals surface area contributed by atoms with Gasteiger partial charge in [0.1, 0.15) is 0 Å². The highest BCUT2D eigenvalue weighted by atomic mass is 15.2. The van der Waals surface area contributed by atoms with Gasteiger partial charge in [-0.2, -0.15) is 0 Å². The number of nitrogens with zero attached hydrogens (tertiary/aromatic N) is 2. The maximum atomic E-state index is 2.55. The molecular formula is C13H30N2. The van der Waals surface area contributed by atoms with E-state index >= 15 is 0 Å². The van der Waals surface area contributed by atoms with E-state index in [4.69, 9.17) is 0 Å². The first-order valence-corrected chi connectivity index (χ1v) is 6.62. The molecule has 1 saturated heterocycles. The SMILES string of the molecule is CC.CCCCN(C)C1CCN(C)CC1. The number of rotatable bonds is 4. The minimum atomic E-state index is 0.850. The van der Waals surface area contributed by atoms with Crippen LogP contribution < -0.4 is 0 Å². The Balaban J connectivity index is 0.000000921. The monoisotopic (exact) mass is 214 g/mol. The normalized spacial score (nSPS) is 18.8. The van der Waals surface area contributed by atoms with Gasteiger partial charge in [0, 0.05) is 6.04 Å². The molecule has 2 heteroatoms. The average molecular weight is 214 g/mol. The Morgan fingerprint density at radius 2 is 1.73 bits per heavy atom. The third-order valence-corrected chi connectivity index (χ3v) is 3.18. The zero-order valence-electron chi connectivity index (χ0n) is 11.4. The molecule has 1 heterocycles. The summed E-state index contributed by atoms with van der Waals surface area (Å²) >= 11 is 0. The molecule has 1 fully saturated rings. The summed E-state index contributed by atoms with van der Waals surface area (Å²) in [5, 5.41) is 0. The molecule has 0 aliphatic carbocycles. The van der Waals surface area contributed by atoms with E-state index in [2.05, 4.69) is 30.8 Å². The summed E-state index contributed by atoms with van der Waals surface area (Å²) < 4.78 is 0. The van der Waals surface area contributed by atoms with Gasteiger partial charge in [0.05, 0.1) is 0 Å². The molecule has 0 aromatic rings. The lowest BCUT2D eigenvalue weighted by Gasteiger charge is -2.35. The Morgan fingerprint density at radius 1 is 1.20 bits per heavy atom. The van der Waals surface area contributed by atoms with Crippen LogP contribution in [0.4, 0.5) is 0 Å². The zero-order chi connectivity index (χ0) is 11.7. The molecule has 1 aliphatic rings. The summed E-state index contributed by atoms with van der Waals surface area (Å²) in [7, 11) is 4.51. The second-order valence-corrected chi connectivity index (χ2v) is 4.37. The summed E-state index contributed by atoms with van der Waals surface area (Å²) in [6, 6.07) is 0.850. The second kappa shape index (κ2) is 9.17. The van der Waals surface area contributed by atoms with Gasteiger partial charge in [-0.1, -0.05) is 27.2 Å². The van der Waals surface area contributed by atoms with E-state index in [1.165, 1.54) is 45.3 Å². The van der Waals surface area contributed by atoms with E-state index in [9.17, 15) is 0 Å². The largest absolute Gasteiger partial charge is 0.306 e. The van der Waals surface area contributed by atoms with Crippen molar-refractivity contribution in [1.82, 2.24) is 9.80 Å². The Morgan fingerprint density at radius 3 is 2.20 bits per heavy atom. The van der Waals surface area contributed by atoms with Gasteiger partial charge in [0.25, 0.3) is 0 Å². The minimum absolute atomic E-state index is 0.850. The smallest absolute Gasteiger partial charge is 0.0117 e. The van der Waals surface area contributed by atoms with E-state index in [0.29, 0.717) is 0 Å². The molecule has 1 rings (SSSR count). The van der Waals surface area contributed by atoms with E-state index in [1.54, 1.807) is 0 Å². The van der Waals surface area contributed by atoms with Crippen molar-refractivity contribution in [2.24, 2.45) is 0 Å². The van der Waals surface area contributed by atoms with Gasteiger partial charge in [-0.15, -0.1) is 0 Å². The van der Waals surface area contributed by atoms with Crippen molar-refractivity contribution in [2.75, 3.05) is 33.7 Å². The Bertz CT molecular complexity index is 128. The van der Waals surface area contributed by atoms with Crippen LogP contribution in [-0.2, 0) is 0 Å². The van der Waals surface area contributed by atoms with Crippen molar-refractivity contribution in [3.63, 3.8) is 0 Å². The highest BCUT2D eigenvalue weighted by Gasteiger charge is 2.19. The molecule has 92 valence electrons. The van der Waals surface area contributed by atoms with Crippen LogP contribution in [0, 0.1) is 0 Å². The number of likely N-dealkylation sites (tertiary alicyclic amines) is 1. The van der Waals surface area contributed by atoms with Crippen LogP contribution in [0.25, 0.3) is 0 Å². The van der Waals surface area contributed by atoms with E-state index in [0.717, 1.165) is 6.04 Å². The number of hydrogen-bond acceptors (Lipinski definition) is 2. The van der Waals surface area contributed by atoms with Crippen LogP contribution in [0.2, 0.25) is 0 Å². The van der Waals surface area contributed by atoms with Crippen LogP contribution in [-0.4, -0.2) is 49.6 Å². The van der Waals surface area contributed by atoms with Gasteiger partial charge in [0.15, 0.2) is 0 Å². The fourth-order valence-electron chi connectivity index (χ4n) is 2.03. The first-order valence-electron chi connectivity index (χ1n) is 6.62. The van der Waals surface area contributed by atoms with Crippen LogP contribution >= 0.6 is 0 Å².